The average Bonchev–Trinajstić information content (AvgIpc) is 3.13. The van der Waals surface area contributed by atoms with E-state index in [1.807, 2.05) is 49.4 Å². The lowest BCUT2D eigenvalue weighted by molar-refractivity contribution is -0.119. The monoisotopic (exact) mass is 392 g/mol. The molecule has 0 N–H and O–H groups in total. The van der Waals surface area contributed by atoms with Crippen molar-refractivity contribution in [1.82, 2.24) is 0 Å². The number of anilines is 2. The van der Waals surface area contributed by atoms with E-state index in [-0.39, 0.29) is 16.8 Å². The zero-order chi connectivity index (χ0) is 19.6. The summed E-state index contributed by atoms with van der Waals surface area (Å²) < 4.78 is 27.9. The lowest BCUT2D eigenvalue weighted by Crippen LogP contribution is -2.50. The maximum Gasteiger partial charge on any atom is 0.265 e. The highest BCUT2D eigenvalue weighted by molar-refractivity contribution is 7.93. The lowest BCUT2D eigenvalue weighted by Gasteiger charge is -2.31. The summed E-state index contributed by atoms with van der Waals surface area (Å²) in [6, 6.07) is 17.7. The smallest absolute Gasteiger partial charge is 0.265 e. The molecule has 5 rings (SSSR count). The van der Waals surface area contributed by atoms with Gasteiger partial charge < -0.3 is 4.90 Å². The molecule has 0 saturated heterocycles. The van der Waals surface area contributed by atoms with Crippen molar-refractivity contribution >= 4 is 38.1 Å². The van der Waals surface area contributed by atoms with Crippen molar-refractivity contribution in [3.05, 3.63) is 66.2 Å². The molecule has 0 radical (unpaired) electrons. The minimum Gasteiger partial charge on any atom is -0.307 e. The molecule has 2 aliphatic rings. The molecule has 1 amide bonds. The Hall–Kier alpha value is -2.86. The number of carbonyl (C=O) groups excluding carboxylic acids is 1. The second-order valence-corrected chi connectivity index (χ2v) is 9.28. The highest BCUT2D eigenvalue weighted by Crippen LogP contribution is 2.44. The fourth-order valence-electron chi connectivity index (χ4n) is 4.54. The van der Waals surface area contributed by atoms with Gasteiger partial charge in [0, 0.05) is 17.1 Å². The van der Waals surface area contributed by atoms with Gasteiger partial charge in [-0.25, -0.2) is 8.42 Å². The number of carbonyl (C=O) groups is 1. The molecule has 2 unspecified atom stereocenters. The molecule has 28 heavy (non-hydrogen) atoms. The van der Waals surface area contributed by atoms with Crippen LogP contribution in [0, 0.1) is 0 Å². The summed E-state index contributed by atoms with van der Waals surface area (Å²) in [4.78, 5) is 15.5. The van der Waals surface area contributed by atoms with Crippen molar-refractivity contribution in [2.24, 2.45) is 0 Å². The van der Waals surface area contributed by atoms with Crippen LogP contribution in [0.3, 0.4) is 0 Å². The Labute approximate surface area is 164 Å². The molecule has 0 spiro atoms. The molecule has 5 nitrogen and oxygen atoms in total. The van der Waals surface area contributed by atoms with Crippen LogP contribution < -0.4 is 9.21 Å². The van der Waals surface area contributed by atoms with Crippen LogP contribution in [0.1, 0.15) is 19.4 Å². The topological polar surface area (TPSA) is 57.7 Å². The van der Waals surface area contributed by atoms with Gasteiger partial charge in [0.05, 0.1) is 10.6 Å². The number of para-hydroxylation sites is 1. The van der Waals surface area contributed by atoms with E-state index in [1.165, 1.54) is 4.31 Å². The zero-order valence-electron chi connectivity index (χ0n) is 15.7. The Balaban J connectivity index is 1.61. The van der Waals surface area contributed by atoms with Gasteiger partial charge >= 0.3 is 0 Å². The van der Waals surface area contributed by atoms with E-state index < -0.39 is 16.1 Å². The van der Waals surface area contributed by atoms with Crippen molar-refractivity contribution in [3.63, 3.8) is 0 Å². The minimum atomic E-state index is -3.78. The Bertz CT molecular complexity index is 1230. The molecule has 2 atom stereocenters. The van der Waals surface area contributed by atoms with E-state index in [4.69, 9.17) is 0 Å². The Morgan fingerprint density at radius 1 is 1.00 bits per heavy atom. The largest absolute Gasteiger partial charge is 0.307 e. The predicted molar refractivity (Wildman–Crippen MR) is 110 cm³/mol. The molecule has 0 saturated carbocycles. The fourth-order valence-corrected chi connectivity index (χ4v) is 6.40. The van der Waals surface area contributed by atoms with E-state index >= 15 is 0 Å². The minimum absolute atomic E-state index is 0.00387. The van der Waals surface area contributed by atoms with Crippen LogP contribution in [-0.2, 0) is 21.2 Å². The van der Waals surface area contributed by atoms with E-state index in [2.05, 4.69) is 0 Å². The summed E-state index contributed by atoms with van der Waals surface area (Å²) in [5, 5.41) is 1.56. The summed E-state index contributed by atoms with van der Waals surface area (Å²) in [5.41, 5.74) is 2.57. The number of rotatable bonds is 2. The molecular formula is C22H20N2O3S. The van der Waals surface area contributed by atoms with Crippen LogP contribution in [0.2, 0.25) is 0 Å². The van der Waals surface area contributed by atoms with E-state index in [1.54, 1.807) is 30.0 Å². The molecule has 2 aliphatic heterocycles. The van der Waals surface area contributed by atoms with Crippen LogP contribution in [0.5, 0.6) is 0 Å². The number of amides is 1. The van der Waals surface area contributed by atoms with Crippen LogP contribution in [-0.4, -0.2) is 26.4 Å². The van der Waals surface area contributed by atoms with E-state index in [0.717, 1.165) is 23.1 Å². The SMILES string of the molecule is CC1Cc2ccccc2N1C(=O)C(C)N1c2cccc3cccc(c23)S1(=O)=O. The molecule has 0 fully saturated rings. The second-order valence-electron chi connectivity index (χ2n) is 7.50. The molecule has 142 valence electrons. The number of hydrogen-bond donors (Lipinski definition) is 0. The highest BCUT2D eigenvalue weighted by Gasteiger charge is 2.43. The summed E-state index contributed by atoms with van der Waals surface area (Å²) in [6.45, 7) is 3.68. The summed E-state index contributed by atoms with van der Waals surface area (Å²) in [6.07, 6.45) is 0.775. The van der Waals surface area contributed by atoms with Gasteiger partial charge in [0.2, 0.25) is 0 Å². The van der Waals surface area contributed by atoms with E-state index in [0.29, 0.717) is 11.1 Å². The van der Waals surface area contributed by atoms with Gasteiger partial charge in [0.25, 0.3) is 15.9 Å². The average molecular weight is 392 g/mol. The van der Waals surface area contributed by atoms with Crippen LogP contribution in [0.4, 0.5) is 11.4 Å². The second kappa shape index (κ2) is 5.82. The molecule has 2 heterocycles. The van der Waals surface area contributed by atoms with Crippen molar-refractivity contribution in [3.8, 4) is 0 Å². The maximum atomic E-state index is 13.5. The first-order chi connectivity index (χ1) is 13.4. The first-order valence-electron chi connectivity index (χ1n) is 9.38. The fraction of sp³-hybridized carbons (Fsp3) is 0.227. The van der Waals surface area contributed by atoms with Crippen LogP contribution >= 0.6 is 0 Å². The lowest BCUT2D eigenvalue weighted by atomic mass is 10.1. The predicted octanol–water partition coefficient (Wildman–Crippen LogP) is 3.71. The van der Waals surface area contributed by atoms with Crippen molar-refractivity contribution in [2.45, 2.75) is 37.2 Å². The molecule has 6 heteroatoms. The Kier molecular flexibility index (Phi) is 3.58. The van der Waals surface area contributed by atoms with Gasteiger partial charge in [0.1, 0.15) is 6.04 Å². The van der Waals surface area contributed by atoms with Gasteiger partial charge in [0.15, 0.2) is 0 Å². The molecule has 0 aliphatic carbocycles. The molecule has 0 bridgehead atoms. The molecular weight excluding hydrogens is 372 g/mol. The van der Waals surface area contributed by atoms with Crippen molar-refractivity contribution < 1.29 is 13.2 Å². The van der Waals surface area contributed by atoms with Gasteiger partial charge in [-0.15, -0.1) is 0 Å². The summed E-state index contributed by atoms with van der Waals surface area (Å²) in [5.74, 6) is -0.203. The van der Waals surface area contributed by atoms with Crippen LogP contribution in [0.15, 0.2) is 65.6 Å². The van der Waals surface area contributed by atoms with Gasteiger partial charge in [-0.1, -0.05) is 42.5 Å². The number of fused-ring (bicyclic) bond motifs is 1. The third kappa shape index (κ3) is 2.18. The zero-order valence-corrected chi connectivity index (χ0v) is 16.5. The quantitative estimate of drug-likeness (QED) is 0.668. The molecule has 3 aromatic rings. The first-order valence-corrected chi connectivity index (χ1v) is 10.8. The Morgan fingerprint density at radius 3 is 2.46 bits per heavy atom. The van der Waals surface area contributed by atoms with Gasteiger partial charge in [-0.05, 0) is 49.4 Å². The van der Waals surface area contributed by atoms with Gasteiger partial charge in [-0.2, -0.15) is 0 Å². The highest BCUT2D eigenvalue weighted by atomic mass is 32.2. The number of nitrogens with zero attached hydrogens (tertiary/aromatic N) is 2. The number of benzene rings is 3. The first kappa shape index (κ1) is 17.3. The maximum absolute atomic E-state index is 13.5. The third-order valence-corrected chi connectivity index (χ3v) is 7.70. The summed E-state index contributed by atoms with van der Waals surface area (Å²) >= 11 is 0. The number of hydrogen-bond acceptors (Lipinski definition) is 3. The normalized spacial score (nSPS) is 20.4. The van der Waals surface area contributed by atoms with E-state index in [9.17, 15) is 13.2 Å². The molecule has 3 aromatic carbocycles. The standard InChI is InChI=1S/C22H20N2O3S/c1-14-13-17-7-3-4-10-18(17)23(14)22(25)15(2)24-19-11-5-8-16-9-6-12-20(21(16)19)28(24,26)27/h3-12,14-15H,13H2,1-2H3. The third-order valence-electron chi connectivity index (χ3n) is 5.77. The molecule has 0 aromatic heterocycles. The van der Waals surface area contributed by atoms with Crippen LogP contribution in [0.25, 0.3) is 10.8 Å². The van der Waals surface area contributed by atoms with Gasteiger partial charge in [-0.3, -0.25) is 9.10 Å². The Morgan fingerprint density at radius 2 is 1.68 bits per heavy atom. The van der Waals surface area contributed by atoms with Crippen molar-refractivity contribution in [2.75, 3.05) is 9.21 Å². The van der Waals surface area contributed by atoms with Crippen molar-refractivity contribution in [1.29, 1.82) is 0 Å². The number of sulfonamides is 1. The summed E-state index contributed by atoms with van der Waals surface area (Å²) in [7, 11) is -3.78.